The van der Waals surface area contributed by atoms with Crippen LogP contribution in [0.25, 0.3) is 21.5 Å². The maximum Gasteiger partial charge on any atom is 0.247 e. The van der Waals surface area contributed by atoms with Gasteiger partial charge in [-0.25, -0.2) is 0 Å². The molecule has 6 rings (SSSR count). The molecule has 4 aromatic carbocycles. The molecule has 34 heavy (non-hydrogen) atoms. The van der Waals surface area contributed by atoms with Gasteiger partial charge in [0.25, 0.3) is 0 Å². The van der Waals surface area contributed by atoms with Crippen molar-refractivity contribution in [2.45, 2.75) is 19.1 Å². The Labute approximate surface area is 199 Å². The lowest BCUT2D eigenvalue weighted by molar-refractivity contribution is -0.160. The fraction of sp³-hybridized carbons (Fsp3) is 0.241. The van der Waals surface area contributed by atoms with Crippen molar-refractivity contribution >= 4 is 33.4 Å². The quantitative estimate of drug-likeness (QED) is 0.472. The van der Waals surface area contributed by atoms with Crippen molar-refractivity contribution in [3.63, 3.8) is 0 Å². The Morgan fingerprint density at radius 2 is 1.50 bits per heavy atom. The van der Waals surface area contributed by atoms with Gasteiger partial charge >= 0.3 is 0 Å². The molecule has 170 valence electrons. The normalized spacial score (nSPS) is 19.1. The third kappa shape index (κ3) is 3.82. The number of piperazine rings is 2. The van der Waals surface area contributed by atoms with E-state index in [2.05, 4.69) is 71.6 Å². The molecule has 5 nitrogen and oxygen atoms in total. The molecular weight excluding hydrogens is 422 g/mol. The van der Waals surface area contributed by atoms with E-state index >= 15 is 0 Å². The average Bonchev–Trinajstić information content (AvgIpc) is 2.87. The molecule has 2 aliphatic heterocycles. The van der Waals surface area contributed by atoms with Gasteiger partial charge in [0, 0.05) is 32.7 Å². The summed E-state index contributed by atoms with van der Waals surface area (Å²) in [4.78, 5) is 32.3. The number of hydrogen-bond acceptors (Lipinski definition) is 3. The van der Waals surface area contributed by atoms with E-state index < -0.39 is 6.04 Å². The van der Waals surface area contributed by atoms with Crippen LogP contribution in [0.1, 0.15) is 11.1 Å². The molecule has 1 atom stereocenters. The van der Waals surface area contributed by atoms with Crippen molar-refractivity contribution in [2.75, 3.05) is 26.2 Å². The number of hydrogen-bond donors (Lipinski definition) is 0. The monoisotopic (exact) mass is 449 g/mol. The molecule has 2 amide bonds. The predicted molar refractivity (Wildman–Crippen MR) is 134 cm³/mol. The standard InChI is InChI=1S/C29H27N3O2/c33-28-20-31(18-25-10-5-9-23-7-3-4-11-26(23)25)29(34)27-19-30(14-15-32(27)28)17-21-12-13-22-6-1-2-8-24(22)16-21/h1-13,16,27H,14-15,17-20H2. The number of carbonyl (C=O) groups excluding carboxylic acids is 2. The lowest BCUT2D eigenvalue weighted by Gasteiger charge is -2.46. The van der Waals surface area contributed by atoms with Gasteiger partial charge in [0.15, 0.2) is 0 Å². The number of carbonyl (C=O) groups is 2. The van der Waals surface area contributed by atoms with Crippen LogP contribution in [0.4, 0.5) is 0 Å². The second kappa shape index (κ2) is 8.58. The van der Waals surface area contributed by atoms with Crippen molar-refractivity contribution in [1.29, 1.82) is 0 Å². The summed E-state index contributed by atoms with van der Waals surface area (Å²) in [6.07, 6.45) is 0. The van der Waals surface area contributed by atoms with Crippen molar-refractivity contribution in [3.8, 4) is 0 Å². The Morgan fingerprint density at radius 3 is 2.38 bits per heavy atom. The van der Waals surface area contributed by atoms with E-state index in [1.807, 2.05) is 18.2 Å². The Hall–Kier alpha value is -3.70. The number of nitrogens with zero attached hydrogens (tertiary/aromatic N) is 3. The van der Waals surface area contributed by atoms with E-state index in [4.69, 9.17) is 0 Å². The van der Waals surface area contributed by atoms with Crippen LogP contribution >= 0.6 is 0 Å². The van der Waals surface area contributed by atoms with Crippen LogP contribution in [0, 0.1) is 0 Å². The molecule has 0 saturated carbocycles. The van der Waals surface area contributed by atoms with Gasteiger partial charge in [0.05, 0.1) is 0 Å². The maximum absolute atomic E-state index is 13.5. The average molecular weight is 450 g/mol. The third-order valence-electron chi connectivity index (χ3n) is 7.17. The van der Waals surface area contributed by atoms with Crippen molar-refractivity contribution < 1.29 is 9.59 Å². The second-order valence-electron chi connectivity index (χ2n) is 9.35. The number of fused-ring (bicyclic) bond motifs is 3. The minimum Gasteiger partial charge on any atom is -0.327 e. The largest absolute Gasteiger partial charge is 0.327 e. The van der Waals surface area contributed by atoms with Gasteiger partial charge in [0.2, 0.25) is 11.8 Å². The summed E-state index contributed by atoms with van der Waals surface area (Å²) in [7, 11) is 0. The van der Waals surface area contributed by atoms with E-state index in [-0.39, 0.29) is 18.4 Å². The Morgan fingerprint density at radius 1 is 0.735 bits per heavy atom. The molecule has 0 aliphatic carbocycles. The first-order valence-corrected chi connectivity index (χ1v) is 11.9. The molecular formula is C29H27N3O2. The van der Waals surface area contributed by atoms with Crippen molar-refractivity contribution in [2.24, 2.45) is 0 Å². The number of rotatable bonds is 4. The molecule has 0 N–H and O–H groups in total. The lowest BCUT2D eigenvalue weighted by Crippen LogP contribution is -2.66. The number of benzene rings is 4. The molecule has 0 bridgehead atoms. The topological polar surface area (TPSA) is 43.9 Å². The van der Waals surface area contributed by atoms with Gasteiger partial charge in [-0.05, 0) is 38.7 Å². The van der Waals surface area contributed by atoms with Crippen LogP contribution in [0.3, 0.4) is 0 Å². The van der Waals surface area contributed by atoms with Gasteiger partial charge in [-0.3, -0.25) is 14.5 Å². The fourth-order valence-corrected chi connectivity index (χ4v) is 5.40. The zero-order valence-corrected chi connectivity index (χ0v) is 19.1. The first kappa shape index (κ1) is 20.9. The van der Waals surface area contributed by atoms with Gasteiger partial charge in [-0.2, -0.15) is 0 Å². The van der Waals surface area contributed by atoms with E-state index in [0.29, 0.717) is 19.6 Å². The molecule has 2 saturated heterocycles. The van der Waals surface area contributed by atoms with Crippen molar-refractivity contribution in [1.82, 2.24) is 14.7 Å². The molecule has 0 spiro atoms. The van der Waals surface area contributed by atoms with Crippen LogP contribution in [-0.2, 0) is 22.7 Å². The Kier molecular flexibility index (Phi) is 5.27. The van der Waals surface area contributed by atoms with E-state index in [1.54, 1.807) is 9.80 Å². The molecule has 2 heterocycles. The summed E-state index contributed by atoms with van der Waals surface area (Å²) in [6, 6.07) is 28.8. The highest BCUT2D eigenvalue weighted by Gasteiger charge is 2.42. The number of amides is 2. The molecule has 2 fully saturated rings. The molecule has 0 aromatic heterocycles. The van der Waals surface area contributed by atoms with Crippen LogP contribution in [-0.4, -0.2) is 58.7 Å². The van der Waals surface area contributed by atoms with Crippen molar-refractivity contribution in [3.05, 3.63) is 96.1 Å². The van der Waals surface area contributed by atoms with Gasteiger partial charge in [0.1, 0.15) is 12.6 Å². The zero-order valence-electron chi connectivity index (χ0n) is 19.1. The summed E-state index contributed by atoms with van der Waals surface area (Å²) in [5.74, 6) is 0.103. The van der Waals surface area contributed by atoms with Crippen LogP contribution < -0.4 is 0 Å². The first-order chi connectivity index (χ1) is 16.7. The van der Waals surface area contributed by atoms with Crippen LogP contribution in [0.15, 0.2) is 84.9 Å². The summed E-state index contributed by atoms with van der Waals surface area (Å²) in [5.41, 5.74) is 2.31. The smallest absolute Gasteiger partial charge is 0.247 e. The van der Waals surface area contributed by atoms with E-state index in [1.165, 1.54) is 16.3 Å². The van der Waals surface area contributed by atoms with E-state index in [0.717, 1.165) is 29.4 Å². The maximum atomic E-state index is 13.5. The Balaban J connectivity index is 1.20. The fourth-order valence-electron chi connectivity index (χ4n) is 5.40. The summed E-state index contributed by atoms with van der Waals surface area (Å²) in [6.45, 7) is 3.35. The highest BCUT2D eigenvalue weighted by molar-refractivity contribution is 5.95. The summed E-state index contributed by atoms with van der Waals surface area (Å²) < 4.78 is 0. The lowest BCUT2D eigenvalue weighted by atomic mass is 10.0. The zero-order chi connectivity index (χ0) is 23.1. The van der Waals surface area contributed by atoms with Gasteiger partial charge in [-0.15, -0.1) is 0 Å². The molecule has 5 heteroatoms. The molecule has 1 unspecified atom stereocenters. The highest BCUT2D eigenvalue weighted by Crippen LogP contribution is 2.25. The van der Waals surface area contributed by atoms with E-state index in [9.17, 15) is 9.59 Å². The Bertz CT molecular complexity index is 1390. The minimum absolute atomic E-state index is 0.0511. The highest BCUT2D eigenvalue weighted by atomic mass is 16.2. The third-order valence-corrected chi connectivity index (χ3v) is 7.17. The SMILES string of the molecule is O=C1C2CN(Cc3ccc4ccccc4c3)CCN2C(=O)CN1Cc1cccc2ccccc12. The van der Waals surface area contributed by atoms with Crippen LogP contribution in [0.5, 0.6) is 0 Å². The minimum atomic E-state index is -0.412. The molecule has 2 aliphatic rings. The first-order valence-electron chi connectivity index (χ1n) is 11.9. The summed E-state index contributed by atoms with van der Waals surface area (Å²) >= 11 is 0. The predicted octanol–water partition coefficient (Wildman–Crippen LogP) is 4.05. The summed E-state index contributed by atoms with van der Waals surface area (Å²) in [5, 5.41) is 4.74. The van der Waals surface area contributed by atoms with Crippen LogP contribution in [0.2, 0.25) is 0 Å². The van der Waals surface area contributed by atoms with Gasteiger partial charge in [-0.1, -0.05) is 78.9 Å². The molecule has 4 aromatic rings. The molecule has 0 radical (unpaired) electrons. The van der Waals surface area contributed by atoms with Gasteiger partial charge < -0.3 is 9.80 Å². The second-order valence-corrected chi connectivity index (χ2v) is 9.35.